The van der Waals surface area contributed by atoms with Gasteiger partial charge in [0.05, 0.1) is 17.4 Å². The lowest BCUT2D eigenvalue weighted by Gasteiger charge is -2.32. The number of rotatable bonds is 0. The lowest BCUT2D eigenvalue weighted by molar-refractivity contribution is 0.472. The molecule has 0 unspecified atom stereocenters. The van der Waals surface area contributed by atoms with Crippen molar-refractivity contribution in [3.05, 3.63) is 70.8 Å². The Morgan fingerprint density at radius 2 is 1.37 bits per heavy atom. The van der Waals surface area contributed by atoms with Crippen molar-refractivity contribution in [2.45, 2.75) is 17.2 Å². The summed E-state index contributed by atoms with van der Waals surface area (Å²) in [5.74, 6) is 0.287. The van der Waals surface area contributed by atoms with Gasteiger partial charge in [0.25, 0.3) is 0 Å². The largest absolute Gasteiger partial charge is 0.198 e. The molecule has 0 spiro atoms. The van der Waals surface area contributed by atoms with Gasteiger partial charge in [-0.15, -0.1) is 11.6 Å². The maximum absolute atomic E-state index is 9.58. The van der Waals surface area contributed by atoms with Crippen LogP contribution in [-0.2, 0) is 0 Å². The first-order valence-corrected chi connectivity index (χ1v) is 6.98. The zero-order valence-electron chi connectivity index (χ0n) is 10.3. The van der Waals surface area contributed by atoms with Crippen LogP contribution in [0.4, 0.5) is 0 Å². The fourth-order valence-electron chi connectivity index (χ4n) is 3.79. The first-order chi connectivity index (χ1) is 9.33. The molecule has 1 nitrogen and oxygen atoms in total. The molecule has 2 aliphatic carbocycles. The second kappa shape index (κ2) is 3.85. The number of fused-ring (bicyclic) bond motifs is 7. The Balaban J connectivity index is 2.05. The van der Waals surface area contributed by atoms with Gasteiger partial charge in [-0.05, 0) is 22.3 Å². The Morgan fingerprint density at radius 3 is 2.00 bits per heavy atom. The Labute approximate surface area is 117 Å². The van der Waals surface area contributed by atoms with Crippen molar-refractivity contribution in [2.24, 2.45) is 5.92 Å². The highest BCUT2D eigenvalue weighted by Crippen LogP contribution is 2.61. The van der Waals surface area contributed by atoms with E-state index >= 15 is 0 Å². The number of hydrogen-bond donors (Lipinski definition) is 0. The summed E-state index contributed by atoms with van der Waals surface area (Å²) in [4.78, 5) is 0. The number of nitriles is 1. The Morgan fingerprint density at radius 1 is 0.842 bits per heavy atom. The molecular formula is C17H12ClN. The Hall–Kier alpha value is -1.78. The Kier molecular flexibility index (Phi) is 2.25. The highest BCUT2D eigenvalue weighted by atomic mass is 35.5. The SMILES string of the molecule is N#C[C@H]1[C@@H]2c3ccccc3[C@H]1[C@@H](Cl)c1ccccc12. The minimum Gasteiger partial charge on any atom is -0.198 e. The molecule has 2 aromatic carbocycles. The van der Waals surface area contributed by atoms with Crippen LogP contribution < -0.4 is 0 Å². The van der Waals surface area contributed by atoms with Crippen molar-refractivity contribution in [3.8, 4) is 6.07 Å². The summed E-state index contributed by atoms with van der Waals surface area (Å²) in [5.41, 5.74) is 4.97. The van der Waals surface area contributed by atoms with Gasteiger partial charge in [0.15, 0.2) is 0 Å². The van der Waals surface area contributed by atoms with Crippen LogP contribution in [0, 0.1) is 17.2 Å². The van der Waals surface area contributed by atoms with Gasteiger partial charge in [-0.3, -0.25) is 0 Å². The van der Waals surface area contributed by atoms with E-state index in [0.717, 1.165) is 0 Å². The van der Waals surface area contributed by atoms with E-state index in [9.17, 15) is 5.26 Å². The highest BCUT2D eigenvalue weighted by Gasteiger charge is 2.49. The fourth-order valence-corrected chi connectivity index (χ4v) is 4.28. The van der Waals surface area contributed by atoms with E-state index in [0.29, 0.717) is 0 Å². The van der Waals surface area contributed by atoms with Gasteiger partial charge in [0.2, 0.25) is 0 Å². The minimum atomic E-state index is -0.0965. The summed E-state index contributed by atoms with van der Waals surface area (Å²) in [5, 5.41) is 9.48. The van der Waals surface area contributed by atoms with Crippen LogP contribution in [0.25, 0.3) is 0 Å². The average Bonchev–Trinajstić information content (AvgIpc) is 2.75. The normalized spacial score (nSPS) is 30.3. The van der Waals surface area contributed by atoms with Crippen molar-refractivity contribution in [1.82, 2.24) is 0 Å². The van der Waals surface area contributed by atoms with Crippen LogP contribution in [0.15, 0.2) is 48.5 Å². The summed E-state index contributed by atoms with van der Waals surface area (Å²) < 4.78 is 0. The first kappa shape index (κ1) is 11.1. The standard InChI is InChI=1S/C17H12ClN/c18-17-13-8-4-3-7-12(13)15-10-5-1-2-6-11(10)16(17)14(15)9-19/h1-8,14-17H/t14-,15+,16+,17-/m0/s1. The summed E-state index contributed by atoms with van der Waals surface area (Å²) >= 11 is 6.69. The van der Waals surface area contributed by atoms with Gasteiger partial charge in [0, 0.05) is 11.8 Å². The molecule has 2 heteroatoms. The summed E-state index contributed by atoms with van der Waals surface area (Å²) in [6.45, 7) is 0. The van der Waals surface area contributed by atoms with Crippen LogP contribution in [-0.4, -0.2) is 0 Å². The molecule has 92 valence electrons. The van der Waals surface area contributed by atoms with E-state index in [1.54, 1.807) is 0 Å². The van der Waals surface area contributed by atoms with Crippen LogP contribution in [0.3, 0.4) is 0 Å². The van der Waals surface area contributed by atoms with Gasteiger partial charge < -0.3 is 0 Å². The molecule has 0 saturated heterocycles. The molecule has 0 fully saturated rings. The third-order valence-corrected chi connectivity index (χ3v) is 5.04. The lowest BCUT2D eigenvalue weighted by atomic mass is 9.73. The molecule has 4 atom stereocenters. The third kappa shape index (κ3) is 1.30. The van der Waals surface area contributed by atoms with Crippen LogP contribution in [0.5, 0.6) is 0 Å². The molecule has 0 radical (unpaired) electrons. The molecule has 0 N–H and O–H groups in total. The number of alkyl halides is 1. The minimum absolute atomic E-state index is 0.0326. The molecule has 0 aromatic heterocycles. The van der Waals surface area contributed by atoms with Gasteiger partial charge in [0.1, 0.15) is 0 Å². The highest BCUT2D eigenvalue weighted by molar-refractivity contribution is 6.21. The van der Waals surface area contributed by atoms with Crippen molar-refractivity contribution in [1.29, 1.82) is 5.26 Å². The summed E-state index contributed by atoms with van der Waals surface area (Å²) in [6.07, 6.45) is 0. The summed E-state index contributed by atoms with van der Waals surface area (Å²) in [7, 11) is 0. The second-order valence-electron chi connectivity index (χ2n) is 5.32. The van der Waals surface area contributed by atoms with E-state index in [1.165, 1.54) is 22.3 Å². The number of nitrogens with zero attached hydrogens (tertiary/aromatic N) is 1. The monoisotopic (exact) mass is 265 g/mol. The number of halogens is 1. The topological polar surface area (TPSA) is 23.8 Å². The predicted octanol–water partition coefficient (Wildman–Crippen LogP) is 4.35. The molecule has 2 aromatic rings. The first-order valence-electron chi connectivity index (χ1n) is 6.54. The zero-order chi connectivity index (χ0) is 13.0. The van der Waals surface area contributed by atoms with Crippen molar-refractivity contribution >= 4 is 11.6 Å². The average molecular weight is 266 g/mol. The molecule has 0 heterocycles. The molecule has 4 rings (SSSR count). The Bertz CT molecular complexity index is 700. The van der Waals surface area contributed by atoms with Crippen molar-refractivity contribution in [3.63, 3.8) is 0 Å². The van der Waals surface area contributed by atoms with Crippen molar-refractivity contribution < 1.29 is 0 Å². The molecule has 19 heavy (non-hydrogen) atoms. The number of hydrogen-bond acceptors (Lipinski definition) is 1. The number of benzene rings is 2. The molecule has 0 amide bonds. The van der Waals surface area contributed by atoms with E-state index in [2.05, 4.69) is 36.4 Å². The lowest BCUT2D eigenvalue weighted by Crippen LogP contribution is -2.22. The smallest absolute Gasteiger partial charge is 0.0672 e. The van der Waals surface area contributed by atoms with E-state index in [-0.39, 0.29) is 23.1 Å². The zero-order valence-corrected chi connectivity index (χ0v) is 11.0. The van der Waals surface area contributed by atoms with Gasteiger partial charge >= 0.3 is 0 Å². The summed E-state index contributed by atoms with van der Waals surface area (Å²) in [6, 6.07) is 19.2. The van der Waals surface area contributed by atoms with E-state index in [4.69, 9.17) is 11.6 Å². The van der Waals surface area contributed by atoms with Gasteiger partial charge in [-0.25, -0.2) is 0 Å². The maximum Gasteiger partial charge on any atom is 0.0672 e. The third-order valence-electron chi connectivity index (χ3n) is 4.53. The van der Waals surface area contributed by atoms with E-state index in [1.807, 2.05) is 18.2 Å². The molecule has 2 bridgehead atoms. The van der Waals surface area contributed by atoms with E-state index < -0.39 is 0 Å². The van der Waals surface area contributed by atoms with Gasteiger partial charge in [-0.1, -0.05) is 48.5 Å². The maximum atomic E-state index is 9.58. The quantitative estimate of drug-likeness (QED) is 0.650. The van der Waals surface area contributed by atoms with Crippen LogP contribution in [0.1, 0.15) is 39.5 Å². The van der Waals surface area contributed by atoms with Crippen LogP contribution >= 0.6 is 11.6 Å². The molecule has 0 saturated carbocycles. The fraction of sp³-hybridized carbons (Fsp3) is 0.235. The van der Waals surface area contributed by atoms with Crippen molar-refractivity contribution in [2.75, 3.05) is 0 Å². The molecular weight excluding hydrogens is 254 g/mol. The second-order valence-corrected chi connectivity index (χ2v) is 5.79. The predicted molar refractivity (Wildman–Crippen MR) is 75.2 cm³/mol. The van der Waals surface area contributed by atoms with Crippen LogP contribution in [0.2, 0.25) is 0 Å². The molecule has 2 aliphatic rings. The molecule has 0 aliphatic heterocycles. The van der Waals surface area contributed by atoms with Gasteiger partial charge in [-0.2, -0.15) is 5.26 Å².